The number of rotatable bonds is 6. The number of anilines is 1. The average Bonchev–Trinajstić information content (AvgIpc) is 3.18. The van der Waals surface area contributed by atoms with Gasteiger partial charge in [0.15, 0.2) is 5.96 Å². The van der Waals surface area contributed by atoms with Crippen molar-refractivity contribution in [3.05, 3.63) is 29.3 Å². The number of nitrogens with one attached hydrogen (secondary N) is 1. The van der Waals surface area contributed by atoms with Gasteiger partial charge in [0.2, 0.25) is 0 Å². The van der Waals surface area contributed by atoms with Gasteiger partial charge in [0, 0.05) is 50.5 Å². The highest BCUT2D eigenvalue weighted by Crippen LogP contribution is 2.20. The van der Waals surface area contributed by atoms with E-state index in [4.69, 9.17) is 11.6 Å². The van der Waals surface area contributed by atoms with Crippen molar-refractivity contribution in [3.8, 4) is 0 Å². The monoisotopic (exact) mass is 505 g/mol. The van der Waals surface area contributed by atoms with Crippen LogP contribution in [0.5, 0.6) is 0 Å². The molecular weight excluding hydrogens is 473 g/mol. The fraction of sp³-hybridized carbons (Fsp3) is 0.650. The number of piperazine rings is 1. The lowest BCUT2D eigenvalue weighted by molar-refractivity contribution is 0.329. The van der Waals surface area contributed by atoms with Gasteiger partial charge < -0.3 is 20.0 Å². The SMILES string of the molecule is CN=C(NCCCCN1CCCC1)N1CCN(c2cccc(Cl)c2)CC1.I. The molecule has 0 aliphatic carbocycles. The first-order chi connectivity index (χ1) is 12.8. The van der Waals surface area contributed by atoms with Gasteiger partial charge >= 0.3 is 0 Å². The van der Waals surface area contributed by atoms with E-state index < -0.39 is 0 Å². The maximum atomic E-state index is 6.12. The lowest BCUT2D eigenvalue weighted by atomic mass is 10.2. The maximum absolute atomic E-state index is 6.12. The molecule has 0 unspecified atom stereocenters. The summed E-state index contributed by atoms with van der Waals surface area (Å²) in [5.41, 5.74) is 1.21. The quantitative estimate of drug-likeness (QED) is 0.278. The molecule has 0 atom stereocenters. The maximum Gasteiger partial charge on any atom is 0.193 e. The molecule has 2 aliphatic heterocycles. The Morgan fingerprint density at radius 2 is 1.81 bits per heavy atom. The minimum absolute atomic E-state index is 0. The average molecular weight is 506 g/mol. The molecule has 0 amide bonds. The van der Waals surface area contributed by atoms with E-state index in [9.17, 15) is 0 Å². The van der Waals surface area contributed by atoms with E-state index in [0.717, 1.165) is 43.7 Å². The normalized spacial score (nSPS) is 18.5. The number of unbranched alkanes of at least 4 members (excludes halogenated alkanes) is 1. The first-order valence-electron chi connectivity index (χ1n) is 9.95. The summed E-state index contributed by atoms with van der Waals surface area (Å²) in [5, 5.41) is 4.35. The van der Waals surface area contributed by atoms with Gasteiger partial charge in [-0.15, -0.1) is 24.0 Å². The van der Waals surface area contributed by atoms with Crippen molar-refractivity contribution in [3.63, 3.8) is 0 Å². The molecule has 3 rings (SSSR count). The zero-order valence-corrected chi connectivity index (χ0v) is 19.5. The molecule has 1 aromatic carbocycles. The van der Waals surface area contributed by atoms with Crippen LogP contribution in [0.1, 0.15) is 25.7 Å². The summed E-state index contributed by atoms with van der Waals surface area (Å²) in [5.74, 6) is 1.04. The fourth-order valence-electron chi connectivity index (χ4n) is 3.85. The van der Waals surface area contributed by atoms with Gasteiger partial charge in [0.25, 0.3) is 0 Å². The zero-order valence-electron chi connectivity index (χ0n) is 16.4. The molecule has 0 radical (unpaired) electrons. The largest absolute Gasteiger partial charge is 0.368 e. The van der Waals surface area contributed by atoms with Gasteiger partial charge in [-0.05, 0) is 63.5 Å². The molecule has 2 fully saturated rings. The number of hydrogen-bond acceptors (Lipinski definition) is 3. The molecule has 152 valence electrons. The van der Waals surface area contributed by atoms with Crippen LogP contribution in [0.3, 0.4) is 0 Å². The molecule has 5 nitrogen and oxygen atoms in total. The highest BCUT2D eigenvalue weighted by molar-refractivity contribution is 14.0. The summed E-state index contributed by atoms with van der Waals surface area (Å²) < 4.78 is 0. The first-order valence-corrected chi connectivity index (χ1v) is 10.3. The summed E-state index contributed by atoms with van der Waals surface area (Å²) in [4.78, 5) is 11.8. The van der Waals surface area contributed by atoms with Crippen LogP contribution in [-0.2, 0) is 0 Å². The Kier molecular flexibility index (Phi) is 10.00. The van der Waals surface area contributed by atoms with E-state index >= 15 is 0 Å². The number of aliphatic imine (C=N–C) groups is 1. The number of halogens is 2. The fourth-order valence-corrected chi connectivity index (χ4v) is 4.03. The van der Waals surface area contributed by atoms with Crippen LogP contribution in [0.2, 0.25) is 5.02 Å². The zero-order chi connectivity index (χ0) is 18.2. The summed E-state index contributed by atoms with van der Waals surface area (Å²) in [6.07, 6.45) is 5.24. The lowest BCUT2D eigenvalue weighted by Gasteiger charge is -2.37. The van der Waals surface area contributed by atoms with Crippen molar-refractivity contribution in [2.24, 2.45) is 4.99 Å². The molecule has 0 saturated carbocycles. The van der Waals surface area contributed by atoms with E-state index in [1.165, 1.54) is 51.0 Å². The van der Waals surface area contributed by atoms with Crippen molar-refractivity contribution in [2.45, 2.75) is 25.7 Å². The molecule has 1 N–H and O–H groups in total. The molecular formula is C20H33ClIN5. The third-order valence-electron chi connectivity index (χ3n) is 5.35. The second-order valence-corrected chi connectivity index (χ2v) is 7.62. The standard InChI is InChI=1S/C20H32ClN5.HI/c1-22-20(23-9-2-3-10-24-11-4-5-12-24)26-15-13-25(14-16-26)19-8-6-7-18(21)17-19;/h6-8,17H,2-5,9-16H2,1H3,(H,22,23);1H. The molecule has 0 spiro atoms. The number of nitrogens with zero attached hydrogens (tertiary/aromatic N) is 4. The molecule has 2 saturated heterocycles. The van der Waals surface area contributed by atoms with E-state index in [1.807, 2.05) is 25.2 Å². The van der Waals surface area contributed by atoms with Gasteiger partial charge in [-0.1, -0.05) is 17.7 Å². The summed E-state index contributed by atoms with van der Waals surface area (Å²) >= 11 is 6.12. The van der Waals surface area contributed by atoms with Crippen LogP contribution in [0.15, 0.2) is 29.3 Å². The Bertz CT molecular complexity index is 583. The van der Waals surface area contributed by atoms with Crippen LogP contribution in [-0.4, -0.2) is 75.2 Å². The number of likely N-dealkylation sites (tertiary alicyclic amines) is 1. The smallest absolute Gasteiger partial charge is 0.193 e. The van der Waals surface area contributed by atoms with E-state index in [-0.39, 0.29) is 24.0 Å². The second-order valence-electron chi connectivity index (χ2n) is 7.18. The minimum Gasteiger partial charge on any atom is -0.368 e. The Balaban J connectivity index is 0.00000261. The van der Waals surface area contributed by atoms with Crippen molar-refractivity contribution < 1.29 is 0 Å². The van der Waals surface area contributed by atoms with Crippen molar-refractivity contribution >= 4 is 47.2 Å². The minimum atomic E-state index is 0. The molecule has 1 aromatic rings. The Hall–Kier alpha value is -0.730. The highest BCUT2D eigenvalue weighted by atomic mass is 127. The third kappa shape index (κ3) is 6.98. The van der Waals surface area contributed by atoms with E-state index in [2.05, 4.69) is 31.1 Å². The second kappa shape index (κ2) is 12.0. The van der Waals surface area contributed by atoms with Crippen LogP contribution in [0, 0.1) is 0 Å². The predicted molar refractivity (Wildman–Crippen MR) is 127 cm³/mol. The molecule has 0 bridgehead atoms. The molecule has 2 aliphatic rings. The Morgan fingerprint density at radius 1 is 1.07 bits per heavy atom. The van der Waals surface area contributed by atoms with Gasteiger partial charge in [0.1, 0.15) is 0 Å². The van der Waals surface area contributed by atoms with Gasteiger partial charge in [-0.2, -0.15) is 0 Å². The lowest BCUT2D eigenvalue weighted by Crippen LogP contribution is -2.52. The number of guanidine groups is 1. The van der Waals surface area contributed by atoms with E-state index in [0.29, 0.717) is 0 Å². The van der Waals surface area contributed by atoms with Crippen LogP contribution >= 0.6 is 35.6 Å². The first kappa shape index (κ1) is 22.6. The van der Waals surface area contributed by atoms with Crippen LogP contribution in [0.25, 0.3) is 0 Å². The van der Waals surface area contributed by atoms with Crippen molar-refractivity contribution in [2.75, 3.05) is 64.3 Å². The molecule has 27 heavy (non-hydrogen) atoms. The third-order valence-corrected chi connectivity index (χ3v) is 5.58. The Labute approximate surface area is 186 Å². The summed E-state index contributed by atoms with van der Waals surface area (Å²) in [7, 11) is 1.88. The molecule has 2 heterocycles. The topological polar surface area (TPSA) is 34.1 Å². The van der Waals surface area contributed by atoms with Gasteiger partial charge in [-0.3, -0.25) is 4.99 Å². The number of benzene rings is 1. The van der Waals surface area contributed by atoms with Crippen LogP contribution in [0.4, 0.5) is 5.69 Å². The summed E-state index contributed by atoms with van der Waals surface area (Å²) in [6, 6.07) is 8.13. The van der Waals surface area contributed by atoms with Gasteiger partial charge in [0.05, 0.1) is 0 Å². The Morgan fingerprint density at radius 3 is 2.48 bits per heavy atom. The molecule has 7 heteroatoms. The van der Waals surface area contributed by atoms with E-state index in [1.54, 1.807) is 0 Å². The van der Waals surface area contributed by atoms with Gasteiger partial charge in [-0.25, -0.2) is 0 Å². The highest BCUT2D eigenvalue weighted by Gasteiger charge is 2.19. The predicted octanol–water partition coefficient (Wildman–Crippen LogP) is 3.53. The van der Waals surface area contributed by atoms with Crippen LogP contribution < -0.4 is 10.2 Å². The summed E-state index contributed by atoms with van der Waals surface area (Å²) in [6.45, 7) is 8.82. The van der Waals surface area contributed by atoms with Crippen molar-refractivity contribution in [1.82, 2.24) is 15.1 Å². The molecule has 0 aromatic heterocycles. The number of hydrogen-bond donors (Lipinski definition) is 1. The van der Waals surface area contributed by atoms with Crippen molar-refractivity contribution in [1.29, 1.82) is 0 Å².